The van der Waals surface area contributed by atoms with E-state index in [1.165, 1.54) is 6.07 Å². The fraction of sp³-hybridized carbons (Fsp3) is 0.417. The van der Waals surface area contributed by atoms with Gasteiger partial charge in [0, 0.05) is 29.5 Å². The first-order chi connectivity index (χ1) is 8.04. The van der Waals surface area contributed by atoms with Crippen LogP contribution >= 0.6 is 11.8 Å². The standard InChI is InChI=1S/C12H17FN2OS/c1-8(7-17-2)15-6-10-4-3-9(12(14)16)5-11(10)13/h3-5,8,15H,6-7H2,1-2H3,(H2,14,16). The lowest BCUT2D eigenvalue weighted by Crippen LogP contribution is -2.28. The lowest BCUT2D eigenvalue weighted by Gasteiger charge is -2.12. The Hall–Kier alpha value is -1.07. The van der Waals surface area contributed by atoms with Crippen molar-refractivity contribution in [3.8, 4) is 0 Å². The molecule has 0 aliphatic carbocycles. The largest absolute Gasteiger partial charge is 0.366 e. The van der Waals surface area contributed by atoms with E-state index in [2.05, 4.69) is 5.32 Å². The van der Waals surface area contributed by atoms with Gasteiger partial charge in [0.25, 0.3) is 0 Å². The molecule has 0 spiro atoms. The lowest BCUT2D eigenvalue weighted by atomic mass is 10.1. The summed E-state index contributed by atoms with van der Waals surface area (Å²) in [6.07, 6.45) is 2.03. The highest BCUT2D eigenvalue weighted by atomic mass is 32.2. The fourth-order valence-electron chi connectivity index (χ4n) is 1.44. The van der Waals surface area contributed by atoms with Gasteiger partial charge in [-0.1, -0.05) is 6.07 Å². The maximum Gasteiger partial charge on any atom is 0.248 e. The van der Waals surface area contributed by atoms with Crippen LogP contribution in [-0.2, 0) is 6.54 Å². The number of primary amides is 1. The van der Waals surface area contributed by atoms with Gasteiger partial charge in [-0.2, -0.15) is 11.8 Å². The minimum absolute atomic E-state index is 0.198. The average Bonchev–Trinajstić information content (AvgIpc) is 2.27. The molecule has 3 nitrogen and oxygen atoms in total. The van der Waals surface area contributed by atoms with Crippen molar-refractivity contribution in [1.82, 2.24) is 5.32 Å². The predicted octanol–water partition coefficient (Wildman–Crippen LogP) is 1.77. The fourth-order valence-corrected chi connectivity index (χ4v) is 2.05. The minimum atomic E-state index is -0.612. The normalized spacial score (nSPS) is 12.4. The SMILES string of the molecule is CSCC(C)NCc1ccc(C(N)=O)cc1F. The summed E-state index contributed by atoms with van der Waals surface area (Å²) in [4.78, 5) is 10.9. The van der Waals surface area contributed by atoms with E-state index in [9.17, 15) is 9.18 Å². The van der Waals surface area contributed by atoms with Crippen LogP contribution in [0.2, 0.25) is 0 Å². The van der Waals surface area contributed by atoms with Gasteiger partial charge in [0.1, 0.15) is 5.82 Å². The molecule has 0 radical (unpaired) electrons. The van der Waals surface area contributed by atoms with Gasteiger partial charge < -0.3 is 11.1 Å². The van der Waals surface area contributed by atoms with Crippen LogP contribution in [0.1, 0.15) is 22.8 Å². The Balaban J connectivity index is 2.63. The predicted molar refractivity (Wildman–Crippen MR) is 69.6 cm³/mol. The van der Waals surface area contributed by atoms with Crippen molar-refractivity contribution in [2.45, 2.75) is 19.5 Å². The van der Waals surface area contributed by atoms with Crippen molar-refractivity contribution in [3.05, 3.63) is 35.1 Å². The molecule has 5 heteroatoms. The van der Waals surface area contributed by atoms with Gasteiger partial charge in [-0.05, 0) is 25.3 Å². The molecule has 17 heavy (non-hydrogen) atoms. The highest BCUT2D eigenvalue weighted by Crippen LogP contribution is 2.10. The number of nitrogens with one attached hydrogen (secondary N) is 1. The molecule has 1 unspecified atom stereocenters. The van der Waals surface area contributed by atoms with Crippen LogP contribution in [0, 0.1) is 5.82 Å². The second kappa shape index (κ2) is 6.61. The van der Waals surface area contributed by atoms with Crippen LogP contribution in [-0.4, -0.2) is 24.0 Å². The van der Waals surface area contributed by atoms with E-state index in [-0.39, 0.29) is 5.56 Å². The van der Waals surface area contributed by atoms with Gasteiger partial charge in [0.05, 0.1) is 0 Å². The Labute approximate surface area is 105 Å². The third-order valence-electron chi connectivity index (χ3n) is 2.40. The number of rotatable bonds is 6. The summed E-state index contributed by atoms with van der Waals surface area (Å²) in [6.45, 7) is 2.50. The van der Waals surface area contributed by atoms with Gasteiger partial charge in [-0.15, -0.1) is 0 Å². The summed E-state index contributed by atoms with van der Waals surface area (Å²) in [5, 5.41) is 3.21. The highest BCUT2D eigenvalue weighted by molar-refractivity contribution is 7.98. The zero-order valence-corrected chi connectivity index (χ0v) is 10.8. The number of benzene rings is 1. The number of hydrogen-bond donors (Lipinski definition) is 2. The molecule has 0 saturated heterocycles. The first kappa shape index (κ1) is 14.0. The van der Waals surface area contributed by atoms with Crippen molar-refractivity contribution in [1.29, 1.82) is 0 Å². The molecule has 1 atom stereocenters. The second-order valence-electron chi connectivity index (χ2n) is 3.91. The molecule has 1 amide bonds. The minimum Gasteiger partial charge on any atom is -0.366 e. The molecule has 1 aromatic carbocycles. The number of halogens is 1. The maximum atomic E-state index is 13.6. The molecule has 0 fully saturated rings. The van der Waals surface area contributed by atoms with Crippen molar-refractivity contribution in [2.24, 2.45) is 5.73 Å². The first-order valence-electron chi connectivity index (χ1n) is 5.35. The molecule has 0 aromatic heterocycles. The monoisotopic (exact) mass is 256 g/mol. The van der Waals surface area contributed by atoms with Crippen molar-refractivity contribution in [2.75, 3.05) is 12.0 Å². The summed E-state index contributed by atoms with van der Waals surface area (Å²) in [5.74, 6) is -0.0367. The number of nitrogens with two attached hydrogens (primary N) is 1. The van der Waals surface area contributed by atoms with E-state index in [1.54, 1.807) is 23.9 Å². The van der Waals surface area contributed by atoms with Crippen LogP contribution in [0.5, 0.6) is 0 Å². The molecule has 1 rings (SSSR count). The van der Waals surface area contributed by atoms with Crippen LogP contribution in [0.4, 0.5) is 4.39 Å². The van der Waals surface area contributed by atoms with E-state index in [0.717, 1.165) is 5.75 Å². The third-order valence-corrected chi connectivity index (χ3v) is 3.23. The van der Waals surface area contributed by atoms with Crippen molar-refractivity contribution in [3.63, 3.8) is 0 Å². The average molecular weight is 256 g/mol. The number of hydrogen-bond acceptors (Lipinski definition) is 3. The van der Waals surface area contributed by atoms with Gasteiger partial charge in [0.2, 0.25) is 5.91 Å². The summed E-state index contributed by atoms with van der Waals surface area (Å²) in [5.41, 5.74) is 5.81. The smallest absolute Gasteiger partial charge is 0.248 e. The Morgan fingerprint density at radius 3 is 2.82 bits per heavy atom. The van der Waals surface area contributed by atoms with Gasteiger partial charge in [0.15, 0.2) is 0 Å². The molecule has 3 N–H and O–H groups in total. The molecule has 0 aliphatic rings. The van der Waals surface area contributed by atoms with Crippen molar-refractivity contribution >= 4 is 17.7 Å². The molecule has 0 heterocycles. The molecule has 0 bridgehead atoms. The second-order valence-corrected chi connectivity index (χ2v) is 4.82. The quantitative estimate of drug-likeness (QED) is 0.815. The summed E-state index contributed by atoms with van der Waals surface area (Å²) < 4.78 is 13.6. The number of carbonyl (C=O) groups is 1. The van der Waals surface area contributed by atoms with E-state index < -0.39 is 11.7 Å². The number of thioether (sulfide) groups is 1. The molecule has 0 aliphatic heterocycles. The summed E-state index contributed by atoms with van der Waals surface area (Å²) >= 11 is 1.74. The molecular formula is C12H17FN2OS. The van der Waals surface area contributed by atoms with E-state index in [0.29, 0.717) is 18.2 Å². The van der Waals surface area contributed by atoms with Crippen LogP contribution in [0.3, 0.4) is 0 Å². The van der Waals surface area contributed by atoms with E-state index >= 15 is 0 Å². The molecule has 94 valence electrons. The Kier molecular flexibility index (Phi) is 5.44. The van der Waals surface area contributed by atoms with E-state index in [1.807, 2.05) is 13.2 Å². The number of amides is 1. The van der Waals surface area contributed by atoms with E-state index in [4.69, 9.17) is 5.73 Å². The topological polar surface area (TPSA) is 55.1 Å². The van der Waals surface area contributed by atoms with Crippen LogP contribution in [0.25, 0.3) is 0 Å². The molecule has 0 saturated carbocycles. The summed E-state index contributed by atoms with van der Waals surface area (Å²) in [6, 6.07) is 4.63. The maximum absolute atomic E-state index is 13.6. The van der Waals surface area contributed by atoms with Gasteiger partial charge in [-0.3, -0.25) is 4.79 Å². The Morgan fingerprint density at radius 1 is 1.59 bits per heavy atom. The zero-order valence-electron chi connectivity index (χ0n) is 10.00. The molecular weight excluding hydrogens is 239 g/mol. The van der Waals surface area contributed by atoms with Crippen LogP contribution in [0.15, 0.2) is 18.2 Å². The first-order valence-corrected chi connectivity index (χ1v) is 6.74. The third kappa shape index (κ3) is 4.36. The Bertz CT molecular complexity index is 398. The zero-order chi connectivity index (χ0) is 12.8. The molecule has 1 aromatic rings. The lowest BCUT2D eigenvalue weighted by molar-refractivity contribution is 0.1000. The van der Waals surface area contributed by atoms with Gasteiger partial charge in [-0.25, -0.2) is 4.39 Å². The van der Waals surface area contributed by atoms with Crippen molar-refractivity contribution < 1.29 is 9.18 Å². The number of carbonyl (C=O) groups excluding carboxylic acids is 1. The Morgan fingerprint density at radius 2 is 2.29 bits per heavy atom. The summed E-state index contributed by atoms with van der Waals surface area (Å²) in [7, 11) is 0. The van der Waals surface area contributed by atoms with Crippen LogP contribution < -0.4 is 11.1 Å². The highest BCUT2D eigenvalue weighted by Gasteiger charge is 2.08. The van der Waals surface area contributed by atoms with Gasteiger partial charge >= 0.3 is 0 Å².